The maximum atomic E-state index is 6.27. The summed E-state index contributed by atoms with van der Waals surface area (Å²) in [6.07, 6.45) is 15.9. The molecule has 2 aliphatic carbocycles. The van der Waals surface area contributed by atoms with Crippen LogP contribution < -0.4 is 0 Å². The summed E-state index contributed by atoms with van der Waals surface area (Å²) in [5.41, 5.74) is 4.16. The summed E-state index contributed by atoms with van der Waals surface area (Å²) in [5, 5.41) is 0. The summed E-state index contributed by atoms with van der Waals surface area (Å²) in [6.45, 7) is 0.721. The number of benzene rings is 1. The zero-order chi connectivity index (χ0) is 15.2. The van der Waals surface area contributed by atoms with Crippen LogP contribution in [0.4, 0.5) is 0 Å². The molecule has 1 saturated carbocycles. The molecule has 0 amide bonds. The molecular formula is C20H27OP. The van der Waals surface area contributed by atoms with Crippen LogP contribution in [-0.2, 0) is 17.5 Å². The smallest absolute Gasteiger partial charge is 0.0827 e. The molecule has 22 heavy (non-hydrogen) atoms. The number of allylic oxidation sites excluding steroid dienone is 2. The summed E-state index contributed by atoms with van der Waals surface area (Å²) in [6, 6.07) is 8.73. The molecule has 2 atom stereocenters. The molecule has 2 unspecified atom stereocenters. The van der Waals surface area contributed by atoms with Crippen LogP contribution in [0.15, 0.2) is 48.1 Å². The Bertz CT molecular complexity index is 540. The highest BCUT2D eigenvalue weighted by molar-refractivity contribution is 7.15. The second-order valence-electron chi connectivity index (χ2n) is 6.58. The van der Waals surface area contributed by atoms with Gasteiger partial charge in [0.1, 0.15) is 0 Å². The summed E-state index contributed by atoms with van der Waals surface area (Å²) in [5.74, 6) is 0.893. The van der Waals surface area contributed by atoms with Crippen LogP contribution in [-0.4, -0.2) is 6.10 Å². The number of hydrogen-bond donors (Lipinski definition) is 0. The van der Waals surface area contributed by atoms with Crippen molar-refractivity contribution in [3.05, 3.63) is 59.2 Å². The Morgan fingerprint density at radius 3 is 2.77 bits per heavy atom. The van der Waals surface area contributed by atoms with Crippen molar-refractivity contribution >= 4 is 9.24 Å². The van der Waals surface area contributed by atoms with E-state index in [2.05, 4.69) is 51.7 Å². The van der Waals surface area contributed by atoms with Crippen molar-refractivity contribution in [3.8, 4) is 0 Å². The summed E-state index contributed by atoms with van der Waals surface area (Å²) < 4.78 is 6.27. The van der Waals surface area contributed by atoms with E-state index in [1.807, 2.05) is 0 Å². The van der Waals surface area contributed by atoms with E-state index < -0.39 is 0 Å². The van der Waals surface area contributed by atoms with Crippen LogP contribution in [0.5, 0.6) is 0 Å². The zero-order valence-corrected chi connectivity index (χ0v) is 14.5. The Labute approximate surface area is 137 Å². The highest BCUT2D eigenvalue weighted by atomic mass is 31.0. The molecule has 0 saturated heterocycles. The molecule has 0 aliphatic heterocycles. The number of ether oxygens (including phenoxy) is 1. The lowest BCUT2D eigenvalue weighted by atomic mass is 9.91. The van der Waals surface area contributed by atoms with Crippen LogP contribution >= 0.6 is 9.24 Å². The lowest BCUT2D eigenvalue weighted by Crippen LogP contribution is -2.18. The molecular weight excluding hydrogens is 287 g/mol. The van der Waals surface area contributed by atoms with Gasteiger partial charge in [-0.05, 0) is 41.6 Å². The van der Waals surface area contributed by atoms with Crippen molar-refractivity contribution in [1.82, 2.24) is 0 Å². The first kappa shape index (κ1) is 16.0. The van der Waals surface area contributed by atoms with Gasteiger partial charge in [0, 0.05) is 0 Å². The van der Waals surface area contributed by atoms with E-state index >= 15 is 0 Å². The molecule has 0 N–H and O–H groups in total. The van der Waals surface area contributed by atoms with Gasteiger partial charge in [0.25, 0.3) is 0 Å². The van der Waals surface area contributed by atoms with Crippen LogP contribution in [0.1, 0.15) is 49.7 Å². The average molecular weight is 314 g/mol. The molecule has 0 aromatic heterocycles. The van der Waals surface area contributed by atoms with Gasteiger partial charge in [-0.1, -0.05) is 68.2 Å². The van der Waals surface area contributed by atoms with E-state index in [0.29, 0.717) is 0 Å². The lowest BCUT2D eigenvalue weighted by molar-refractivity contribution is 0.0619. The second-order valence-corrected chi connectivity index (χ2v) is 6.99. The highest BCUT2D eigenvalue weighted by Gasteiger charge is 2.22. The molecule has 2 aliphatic rings. The topological polar surface area (TPSA) is 9.23 Å². The van der Waals surface area contributed by atoms with Gasteiger partial charge in [0.2, 0.25) is 0 Å². The first-order valence-corrected chi connectivity index (χ1v) is 9.42. The van der Waals surface area contributed by atoms with Gasteiger partial charge < -0.3 is 4.74 Å². The summed E-state index contributed by atoms with van der Waals surface area (Å²) >= 11 is 0. The minimum absolute atomic E-state index is 0.283. The van der Waals surface area contributed by atoms with E-state index in [1.165, 1.54) is 48.8 Å². The quantitative estimate of drug-likeness (QED) is 0.638. The van der Waals surface area contributed by atoms with Crippen LogP contribution in [0.2, 0.25) is 0 Å². The fourth-order valence-corrected chi connectivity index (χ4v) is 3.87. The molecule has 0 spiro atoms. The third-order valence-electron chi connectivity index (χ3n) is 4.89. The lowest BCUT2D eigenvalue weighted by Gasteiger charge is -2.24. The van der Waals surface area contributed by atoms with Crippen molar-refractivity contribution in [1.29, 1.82) is 0 Å². The Morgan fingerprint density at radius 2 is 1.95 bits per heavy atom. The third kappa shape index (κ3) is 4.31. The first-order chi connectivity index (χ1) is 10.8. The minimum atomic E-state index is 0.283. The van der Waals surface area contributed by atoms with Crippen molar-refractivity contribution in [2.24, 2.45) is 5.92 Å². The van der Waals surface area contributed by atoms with Gasteiger partial charge in [0.05, 0.1) is 12.7 Å². The van der Waals surface area contributed by atoms with Crippen LogP contribution in [0, 0.1) is 5.92 Å². The molecule has 118 valence electrons. The summed E-state index contributed by atoms with van der Waals surface area (Å²) in [7, 11) is 2.79. The van der Waals surface area contributed by atoms with Crippen LogP contribution in [0.25, 0.3) is 0 Å². The molecule has 0 radical (unpaired) electrons. The standard InChI is InChI=1S/C20H27OP/c22-15-18-9-5-8-17(12-18)14-21-20-11-4-3-10-19(20)13-16-6-1-2-7-16/h3-5,8-10,12,16,20H,1-2,6-7,11,13-15,22H2. The van der Waals surface area contributed by atoms with E-state index in [1.54, 1.807) is 0 Å². The maximum Gasteiger partial charge on any atom is 0.0827 e. The monoisotopic (exact) mass is 314 g/mol. The Morgan fingerprint density at radius 1 is 1.14 bits per heavy atom. The fourth-order valence-electron chi connectivity index (χ4n) is 3.62. The normalized spacial score (nSPS) is 22.0. The van der Waals surface area contributed by atoms with E-state index in [0.717, 1.165) is 25.1 Å². The molecule has 3 rings (SSSR count). The SMILES string of the molecule is PCc1cccc(COC2CC=CC=C2CC2CCCC2)c1. The Hall–Kier alpha value is -0.910. The first-order valence-electron chi connectivity index (χ1n) is 8.60. The predicted molar refractivity (Wildman–Crippen MR) is 96.8 cm³/mol. The average Bonchev–Trinajstić information content (AvgIpc) is 3.07. The molecule has 0 heterocycles. The Balaban J connectivity index is 1.57. The largest absolute Gasteiger partial charge is 0.369 e. The maximum absolute atomic E-state index is 6.27. The van der Waals surface area contributed by atoms with E-state index in [9.17, 15) is 0 Å². The van der Waals surface area contributed by atoms with Gasteiger partial charge in [-0.25, -0.2) is 0 Å². The van der Waals surface area contributed by atoms with Crippen LogP contribution in [0.3, 0.4) is 0 Å². The number of rotatable bonds is 6. The molecule has 1 aromatic rings. The van der Waals surface area contributed by atoms with Crippen molar-refractivity contribution < 1.29 is 4.74 Å². The predicted octanol–water partition coefficient (Wildman–Crippen LogP) is 5.41. The van der Waals surface area contributed by atoms with Gasteiger partial charge in [0.15, 0.2) is 0 Å². The molecule has 2 heteroatoms. The second kappa shape index (κ2) is 8.09. The van der Waals surface area contributed by atoms with Crippen molar-refractivity contribution in [2.45, 2.75) is 57.4 Å². The molecule has 1 fully saturated rings. The van der Waals surface area contributed by atoms with Gasteiger partial charge in [-0.2, -0.15) is 0 Å². The molecule has 1 nitrogen and oxygen atoms in total. The Kier molecular flexibility index (Phi) is 5.87. The van der Waals surface area contributed by atoms with E-state index in [-0.39, 0.29) is 6.10 Å². The third-order valence-corrected chi connectivity index (χ3v) is 5.36. The van der Waals surface area contributed by atoms with Gasteiger partial charge in [-0.3, -0.25) is 0 Å². The molecule has 1 aromatic carbocycles. The fraction of sp³-hybridized carbons (Fsp3) is 0.500. The van der Waals surface area contributed by atoms with Gasteiger partial charge >= 0.3 is 0 Å². The minimum Gasteiger partial charge on any atom is -0.369 e. The zero-order valence-electron chi connectivity index (χ0n) is 13.3. The van der Waals surface area contributed by atoms with E-state index in [4.69, 9.17) is 4.74 Å². The highest BCUT2D eigenvalue weighted by Crippen LogP contribution is 2.33. The number of hydrogen-bond acceptors (Lipinski definition) is 1. The molecule has 0 bridgehead atoms. The van der Waals surface area contributed by atoms with Crippen molar-refractivity contribution in [2.75, 3.05) is 0 Å². The summed E-state index contributed by atoms with van der Waals surface area (Å²) in [4.78, 5) is 0. The van der Waals surface area contributed by atoms with Gasteiger partial charge in [-0.15, -0.1) is 9.24 Å². The van der Waals surface area contributed by atoms with Crippen molar-refractivity contribution in [3.63, 3.8) is 0 Å².